The average Bonchev–Trinajstić information content (AvgIpc) is 2.38. The van der Waals surface area contributed by atoms with Gasteiger partial charge in [-0.2, -0.15) is 0 Å². The Hall–Kier alpha value is -2.26. The highest BCUT2D eigenvalue weighted by atomic mass is 35.5. The Morgan fingerprint density at radius 1 is 1.05 bits per heavy atom. The van der Waals surface area contributed by atoms with E-state index in [4.69, 9.17) is 16.0 Å². The van der Waals surface area contributed by atoms with Crippen LogP contribution in [0.4, 0.5) is 0 Å². The van der Waals surface area contributed by atoms with E-state index in [1.54, 1.807) is 0 Å². The van der Waals surface area contributed by atoms with Crippen LogP contribution in [0.25, 0.3) is 22.3 Å². The van der Waals surface area contributed by atoms with Crippen molar-refractivity contribution in [2.45, 2.75) is 0 Å². The van der Waals surface area contributed by atoms with Gasteiger partial charge in [-0.3, -0.25) is 4.79 Å². The predicted molar refractivity (Wildman–Crippen MR) is 74.6 cm³/mol. The summed E-state index contributed by atoms with van der Waals surface area (Å²) in [7, 11) is 0. The van der Waals surface area contributed by atoms with Gasteiger partial charge >= 0.3 is 0 Å². The first-order valence-corrected chi connectivity index (χ1v) is 6.05. The Morgan fingerprint density at radius 2 is 1.79 bits per heavy atom. The first-order chi connectivity index (χ1) is 9.15. The molecule has 0 spiro atoms. The van der Waals surface area contributed by atoms with Crippen LogP contribution in [-0.4, -0.2) is 5.11 Å². The third kappa shape index (κ3) is 2.09. The maximum absolute atomic E-state index is 12.1. The molecule has 3 rings (SSSR count). The van der Waals surface area contributed by atoms with Crippen molar-refractivity contribution >= 4 is 22.6 Å². The van der Waals surface area contributed by atoms with Gasteiger partial charge in [0, 0.05) is 17.7 Å². The predicted octanol–water partition coefficient (Wildman–Crippen LogP) is 3.82. The fraction of sp³-hybridized carbons (Fsp3) is 0. The van der Waals surface area contributed by atoms with Crippen LogP contribution >= 0.6 is 11.6 Å². The number of hydrogen-bond donors (Lipinski definition) is 1. The molecule has 0 atom stereocenters. The molecule has 0 aliphatic rings. The summed E-state index contributed by atoms with van der Waals surface area (Å²) in [6, 6.07) is 13.4. The molecule has 0 saturated heterocycles. The lowest BCUT2D eigenvalue weighted by molar-refractivity contribution is 0.474. The zero-order chi connectivity index (χ0) is 13.4. The molecule has 94 valence electrons. The van der Waals surface area contributed by atoms with Gasteiger partial charge in [-0.1, -0.05) is 41.9 Å². The number of rotatable bonds is 1. The Bertz CT molecular complexity index is 807. The van der Waals surface area contributed by atoms with Gasteiger partial charge < -0.3 is 9.52 Å². The van der Waals surface area contributed by atoms with Crippen molar-refractivity contribution < 1.29 is 9.52 Å². The van der Waals surface area contributed by atoms with Gasteiger partial charge in [0.15, 0.2) is 5.43 Å². The van der Waals surface area contributed by atoms with Gasteiger partial charge in [0.05, 0.1) is 10.4 Å². The SMILES string of the molecule is O=c1cc(-c2ccccc2)oc2cc(O)cc(Cl)c12. The Balaban J connectivity index is 2.34. The van der Waals surface area contributed by atoms with Gasteiger partial charge in [-0.25, -0.2) is 0 Å². The lowest BCUT2D eigenvalue weighted by Gasteiger charge is -2.04. The van der Waals surface area contributed by atoms with Gasteiger partial charge in [-0.15, -0.1) is 0 Å². The maximum atomic E-state index is 12.1. The van der Waals surface area contributed by atoms with Gasteiger partial charge in [0.25, 0.3) is 0 Å². The molecule has 0 amide bonds. The van der Waals surface area contributed by atoms with Gasteiger partial charge in [-0.05, 0) is 6.07 Å². The maximum Gasteiger partial charge on any atom is 0.194 e. The molecule has 0 fully saturated rings. The van der Waals surface area contributed by atoms with Crippen LogP contribution in [0.5, 0.6) is 5.75 Å². The Morgan fingerprint density at radius 3 is 2.53 bits per heavy atom. The van der Waals surface area contributed by atoms with Crippen LogP contribution in [0.15, 0.2) is 57.7 Å². The van der Waals surface area contributed by atoms with Gasteiger partial charge in [0.1, 0.15) is 17.1 Å². The topological polar surface area (TPSA) is 50.4 Å². The molecule has 0 aliphatic heterocycles. The molecule has 0 saturated carbocycles. The van der Waals surface area contributed by atoms with Crippen molar-refractivity contribution in [2.24, 2.45) is 0 Å². The number of benzene rings is 2. The molecule has 1 aromatic heterocycles. The van der Waals surface area contributed by atoms with Crippen LogP contribution < -0.4 is 5.43 Å². The van der Waals surface area contributed by atoms with Crippen LogP contribution in [0, 0.1) is 0 Å². The molecular weight excluding hydrogens is 264 g/mol. The van der Waals surface area contributed by atoms with E-state index >= 15 is 0 Å². The van der Waals surface area contributed by atoms with Crippen LogP contribution in [0.3, 0.4) is 0 Å². The van der Waals surface area contributed by atoms with Crippen LogP contribution in [0.1, 0.15) is 0 Å². The quantitative estimate of drug-likeness (QED) is 0.733. The van der Waals surface area contributed by atoms with Crippen molar-refractivity contribution in [1.82, 2.24) is 0 Å². The molecule has 19 heavy (non-hydrogen) atoms. The monoisotopic (exact) mass is 272 g/mol. The second kappa shape index (κ2) is 4.44. The lowest BCUT2D eigenvalue weighted by Crippen LogP contribution is -2.01. The van der Waals surface area contributed by atoms with E-state index in [0.29, 0.717) is 5.76 Å². The number of phenols is 1. The molecule has 0 unspecified atom stereocenters. The molecule has 0 radical (unpaired) electrons. The molecule has 3 nitrogen and oxygen atoms in total. The summed E-state index contributed by atoms with van der Waals surface area (Å²) >= 11 is 5.95. The third-order valence-corrected chi connectivity index (χ3v) is 3.12. The second-order valence-corrected chi connectivity index (χ2v) is 4.55. The normalized spacial score (nSPS) is 10.8. The van der Waals surface area contributed by atoms with Crippen LogP contribution in [-0.2, 0) is 0 Å². The molecular formula is C15H9ClO3. The Labute approximate surface area is 113 Å². The highest BCUT2D eigenvalue weighted by Gasteiger charge is 2.11. The zero-order valence-corrected chi connectivity index (χ0v) is 10.5. The summed E-state index contributed by atoms with van der Waals surface area (Å²) in [5.74, 6) is 0.408. The number of phenolic OH excluding ortho intramolecular Hbond substituents is 1. The minimum absolute atomic E-state index is 0.0362. The highest BCUT2D eigenvalue weighted by Crippen LogP contribution is 2.29. The van der Waals surface area contributed by atoms with Crippen molar-refractivity contribution in [2.75, 3.05) is 0 Å². The summed E-state index contributed by atoms with van der Waals surface area (Å²) in [5.41, 5.74) is 0.836. The van der Waals surface area contributed by atoms with Crippen molar-refractivity contribution in [3.05, 3.63) is 63.8 Å². The van der Waals surface area contributed by atoms with E-state index in [1.807, 2.05) is 30.3 Å². The minimum Gasteiger partial charge on any atom is -0.508 e. The van der Waals surface area contributed by atoms with E-state index in [0.717, 1.165) is 5.56 Å². The Kier molecular flexibility index (Phi) is 2.76. The largest absolute Gasteiger partial charge is 0.508 e. The average molecular weight is 273 g/mol. The van der Waals surface area contributed by atoms with E-state index in [9.17, 15) is 9.90 Å². The first kappa shape index (κ1) is 11.8. The number of halogens is 1. The molecule has 1 N–H and O–H groups in total. The van der Waals surface area contributed by atoms with Gasteiger partial charge in [0.2, 0.25) is 0 Å². The van der Waals surface area contributed by atoms with Crippen molar-refractivity contribution in [3.63, 3.8) is 0 Å². The smallest absolute Gasteiger partial charge is 0.194 e. The minimum atomic E-state index is -0.231. The van der Waals surface area contributed by atoms with Crippen LogP contribution in [0.2, 0.25) is 5.02 Å². The summed E-state index contributed by atoms with van der Waals surface area (Å²) in [4.78, 5) is 12.1. The molecule has 1 heterocycles. The molecule has 2 aromatic carbocycles. The fourth-order valence-corrected chi connectivity index (χ4v) is 2.27. The molecule has 0 aliphatic carbocycles. The zero-order valence-electron chi connectivity index (χ0n) is 9.76. The second-order valence-electron chi connectivity index (χ2n) is 4.14. The summed E-state index contributed by atoms with van der Waals surface area (Å²) in [6.07, 6.45) is 0. The van der Waals surface area contributed by atoms with Crippen molar-refractivity contribution in [3.8, 4) is 17.1 Å². The highest BCUT2D eigenvalue weighted by molar-refractivity contribution is 6.35. The first-order valence-electron chi connectivity index (χ1n) is 5.67. The number of fused-ring (bicyclic) bond motifs is 1. The summed E-state index contributed by atoms with van der Waals surface area (Å²) < 4.78 is 5.65. The van der Waals surface area contributed by atoms with E-state index in [1.165, 1.54) is 18.2 Å². The van der Waals surface area contributed by atoms with Crippen molar-refractivity contribution in [1.29, 1.82) is 0 Å². The molecule has 3 aromatic rings. The molecule has 0 bridgehead atoms. The summed E-state index contributed by atoms with van der Waals surface area (Å²) in [5, 5.41) is 9.98. The summed E-state index contributed by atoms with van der Waals surface area (Å²) in [6.45, 7) is 0. The number of aromatic hydroxyl groups is 1. The lowest BCUT2D eigenvalue weighted by atomic mass is 10.1. The number of hydrogen-bond acceptors (Lipinski definition) is 3. The van der Waals surface area contributed by atoms with E-state index in [-0.39, 0.29) is 27.2 Å². The fourth-order valence-electron chi connectivity index (χ4n) is 1.97. The third-order valence-electron chi connectivity index (χ3n) is 2.83. The van der Waals surface area contributed by atoms with E-state index in [2.05, 4.69) is 0 Å². The molecule has 4 heteroatoms. The van der Waals surface area contributed by atoms with E-state index < -0.39 is 0 Å². The standard InChI is InChI=1S/C15H9ClO3/c16-11-6-10(17)7-14-15(11)12(18)8-13(19-14)9-4-2-1-3-5-9/h1-8,17H.